The molecule has 0 aromatic heterocycles. The van der Waals surface area contributed by atoms with Crippen molar-refractivity contribution in [2.24, 2.45) is 5.41 Å². The first-order chi connectivity index (χ1) is 11.0. The van der Waals surface area contributed by atoms with Gasteiger partial charge in [0.05, 0.1) is 6.61 Å². The topological polar surface area (TPSA) is 76.1 Å². The Bertz CT molecular complexity index is 547. The molecule has 0 saturated carbocycles. The van der Waals surface area contributed by atoms with Crippen molar-refractivity contribution >= 4 is 11.9 Å². The molecule has 1 fully saturated rings. The summed E-state index contributed by atoms with van der Waals surface area (Å²) < 4.78 is 10.7. The predicted molar refractivity (Wildman–Crippen MR) is 84.0 cm³/mol. The molecule has 2 rings (SSSR count). The Labute approximate surface area is 136 Å². The third-order valence-corrected chi connectivity index (χ3v) is 4.20. The number of benzene rings is 1. The van der Waals surface area contributed by atoms with Gasteiger partial charge in [0.1, 0.15) is 5.41 Å². The van der Waals surface area contributed by atoms with Crippen LogP contribution in [0, 0.1) is 5.41 Å². The van der Waals surface area contributed by atoms with Gasteiger partial charge in [-0.2, -0.15) is 0 Å². The van der Waals surface area contributed by atoms with E-state index < -0.39 is 17.5 Å². The van der Waals surface area contributed by atoms with Crippen LogP contribution in [-0.4, -0.2) is 55.3 Å². The molecule has 1 aromatic carbocycles. The van der Waals surface area contributed by atoms with Gasteiger partial charge in [-0.25, -0.2) is 0 Å². The van der Waals surface area contributed by atoms with Crippen molar-refractivity contribution in [2.75, 3.05) is 33.4 Å². The van der Waals surface area contributed by atoms with Crippen LogP contribution in [-0.2, 0) is 19.1 Å². The number of carbonyl (C=O) groups is 2. The molecule has 126 valence electrons. The Morgan fingerprint density at radius 3 is 2.61 bits per heavy atom. The van der Waals surface area contributed by atoms with E-state index in [0.717, 1.165) is 5.56 Å². The van der Waals surface area contributed by atoms with Gasteiger partial charge in [0.25, 0.3) is 5.91 Å². The van der Waals surface area contributed by atoms with Crippen LogP contribution in [0.1, 0.15) is 25.0 Å². The fourth-order valence-corrected chi connectivity index (χ4v) is 2.96. The normalized spacial score (nSPS) is 22.1. The molecule has 1 heterocycles. The van der Waals surface area contributed by atoms with Crippen LogP contribution >= 0.6 is 0 Å². The second kappa shape index (κ2) is 7.57. The predicted octanol–water partition coefficient (Wildman–Crippen LogP) is 1.71. The molecule has 1 aromatic rings. The molecular weight excluding hydrogens is 298 g/mol. The number of ether oxygens (including phenoxy) is 2. The summed E-state index contributed by atoms with van der Waals surface area (Å²) in [5, 5.41) is 9.50. The molecule has 1 aliphatic heterocycles. The maximum absolute atomic E-state index is 12.8. The zero-order valence-corrected chi connectivity index (χ0v) is 13.5. The number of carboxylic acid groups (broad SMARTS) is 1. The van der Waals surface area contributed by atoms with Gasteiger partial charge in [-0.15, -0.1) is 0 Å². The molecule has 2 unspecified atom stereocenters. The van der Waals surface area contributed by atoms with E-state index in [4.69, 9.17) is 9.47 Å². The van der Waals surface area contributed by atoms with Crippen LogP contribution in [0.15, 0.2) is 30.3 Å². The number of methoxy groups -OCH3 is 1. The van der Waals surface area contributed by atoms with E-state index >= 15 is 0 Å². The first-order valence-electron chi connectivity index (χ1n) is 7.72. The fraction of sp³-hybridized carbons (Fsp3) is 0.529. The lowest BCUT2D eigenvalue weighted by molar-refractivity contribution is -0.152. The van der Waals surface area contributed by atoms with E-state index in [-0.39, 0.29) is 19.1 Å². The number of amides is 1. The lowest BCUT2D eigenvalue weighted by Gasteiger charge is -2.26. The lowest BCUT2D eigenvalue weighted by atomic mass is 9.88. The number of hydrogen-bond acceptors (Lipinski definition) is 4. The molecule has 6 heteroatoms. The maximum atomic E-state index is 12.8. The largest absolute Gasteiger partial charge is 0.481 e. The van der Waals surface area contributed by atoms with Crippen LogP contribution in [0.2, 0.25) is 0 Å². The van der Waals surface area contributed by atoms with Gasteiger partial charge in [0, 0.05) is 26.8 Å². The van der Waals surface area contributed by atoms with Crippen molar-refractivity contribution in [3.63, 3.8) is 0 Å². The minimum Gasteiger partial charge on any atom is -0.481 e. The average molecular weight is 321 g/mol. The maximum Gasteiger partial charge on any atom is 0.313 e. The lowest BCUT2D eigenvalue weighted by Crippen LogP contribution is -2.41. The minimum absolute atomic E-state index is 0.0940. The summed E-state index contributed by atoms with van der Waals surface area (Å²) in [5.41, 5.74) is -0.253. The number of rotatable bonds is 7. The number of nitrogens with zero attached hydrogens (tertiary/aromatic N) is 1. The zero-order valence-electron chi connectivity index (χ0n) is 13.5. The van der Waals surface area contributed by atoms with Gasteiger partial charge in [-0.3, -0.25) is 9.59 Å². The summed E-state index contributed by atoms with van der Waals surface area (Å²) in [6.45, 7) is 2.87. The third kappa shape index (κ3) is 3.71. The summed E-state index contributed by atoms with van der Waals surface area (Å²) in [6.07, 6.45) is -0.316. The van der Waals surface area contributed by atoms with E-state index in [1.54, 1.807) is 4.90 Å². The highest BCUT2D eigenvalue weighted by atomic mass is 16.5. The second-order valence-electron chi connectivity index (χ2n) is 5.77. The average Bonchev–Trinajstić information content (AvgIpc) is 2.99. The molecule has 0 radical (unpaired) electrons. The molecule has 1 saturated heterocycles. The van der Waals surface area contributed by atoms with Crippen LogP contribution in [0.4, 0.5) is 0 Å². The van der Waals surface area contributed by atoms with Crippen LogP contribution in [0.3, 0.4) is 0 Å². The summed E-state index contributed by atoms with van der Waals surface area (Å²) >= 11 is 0. The molecule has 1 N–H and O–H groups in total. The van der Waals surface area contributed by atoms with Gasteiger partial charge in [-0.1, -0.05) is 30.3 Å². The number of carbonyl (C=O) groups excluding carboxylic acids is 1. The number of carboxylic acids is 1. The SMILES string of the molecule is CCOC(C(=O)N1CCC(COC)(C(=O)O)C1)c1ccccc1. The molecule has 2 atom stereocenters. The molecular formula is C17H23NO5. The Morgan fingerprint density at radius 1 is 1.35 bits per heavy atom. The van der Waals surface area contributed by atoms with E-state index in [2.05, 4.69) is 0 Å². The summed E-state index contributed by atoms with van der Waals surface area (Å²) in [5.74, 6) is -1.13. The minimum atomic E-state index is -1.03. The summed E-state index contributed by atoms with van der Waals surface area (Å²) in [6, 6.07) is 9.26. The van der Waals surface area contributed by atoms with Crippen molar-refractivity contribution in [1.82, 2.24) is 4.90 Å². The van der Waals surface area contributed by atoms with Gasteiger partial charge < -0.3 is 19.5 Å². The van der Waals surface area contributed by atoms with Gasteiger partial charge in [0.2, 0.25) is 0 Å². The standard InChI is InChI=1S/C17H23NO5/c1-3-23-14(13-7-5-4-6-8-13)15(19)18-10-9-17(11-18,12-22-2)16(20)21/h4-8,14H,3,9-12H2,1-2H3,(H,20,21). The van der Waals surface area contributed by atoms with E-state index in [0.29, 0.717) is 19.6 Å². The molecule has 1 amide bonds. The molecule has 6 nitrogen and oxygen atoms in total. The zero-order chi connectivity index (χ0) is 16.9. The number of hydrogen-bond donors (Lipinski definition) is 1. The van der Waals surface area contributed by atoms with E-state index in [1.807, 2.05) is 37.3 Å². The quantitative estimate of drug-likeness (QED) is 0.827. The number of aliphatic carboxylic acids is 1. The molecule has 0 aliphatic carbocycles. The van der Waals surface area contributed by atoms with Crippen molar-refractivity contribution < 1.29 is 24.2 Å². The van der Waals surface area contributed by atoms with E-state index in [1.165, 1.54) is 7.11 Å². The Kier molecular flexibility index (Phi) is 5.74. The van der Waals surface area contributed by atoms with Gasteiger partial charge >= 0.3 is 5.97 Å². The molecule has 0 spiro atoms. The van der Waals surface area contributed by atoms with Crippen molar-refractivity contribution in [2.45, 2.75) is 19.4 Å². The summed E-state index contributed by atoms with van der Waals surface area (Å²) in [4.78, 5) is 26.0. The fourth-order valence-electron chi connectivity index (χ4n) is 2.96. The van der Waals surface area contributed by atoms with Crippen molar-refractivity contribution in [3.8, 4) is 0 Å². The van der Waals surface area contributed by atoms with Crippen LogP contribution in [0.25, 0.3) is 0 Å². The smallest absolute Gasteiger partial charge is 0.313 e. The van der Waals surface area contributed by atoms with Crippen molar-refractivity contribution in [3.05, 3.63) is 35.9 Å². The molecule has 0 bridgehead atoms. The Balaban J connectivity index is 2.17. The Hall–Kier alpha value is -1.92. The highest BCUT2D eigenvalue weighted by Crippen LogP contribution is 2.33. The molecule has 23 heavy (non-hydrogen) atoms. The first kappa shape index (κ1) is 17.4. The third-order valence-electron chi connectivity index (χ3n) is 4.20. The first-order valence-corrected chi connectivity index (χ1v) is 7.72. The molecule has 1 aliphatic rings. The van der Waals surface area contributed by atoms with Crippen LogP contribution in [0.5, 0.6) is 0 Å². The van der Waals surface area contributed by atoms with Gasteiger partial charge in [0.15, 0.2) is 6.10 Å². The monoisotopic (exact) mass is 321 g/mol. The number of likely N-dealkylation sites (tertiary alicyclic amines) is 1. The van der Waals surface area contributed by atoms with Crippen LogP contribution < -0.4 is 0 Å². The van der Waals surface area contributed by atoms with Crippen molar-refractivity contribution in [1.29, 1.82) is 0 Å². The highest BCUT2D eigenvalue weighted by Gasteiger charge is 2.47. The Morgan fingerprint density at radius 2 is 2.04 bits per heavy atom. The summed E-state index contributed by atoms with van der Waals surface area (Å²) in [7, 11) is 1.47. The van der Waals surface area contributed by atoms with E-state index in [9.17, 15) is 14.7 Å². The second-order valence-corrected chi connectivity index (χ2v) is 5.77. The highest BCUT2D eigenvalue weighted by molar-refractivity contribution is 5.84. The van der Waals surface area contributed by atoms with Gasteiger partial charge in [-0.05, 0) is 18.9 Å².